The number of hydrogen-bond acceptors (Lipinski definition) is 3. The summed E-state index contributed by atoms with van der Waals surface area (Å²) in [5, 5.41) is 9.73. The lowest BCUT2D eigenvalue weighted by molar-refractivity contribution is 0.201. The van der Waals surface area contributed by atoms with Crippen LogP contribution in [0.15, 0.2) is 47.1 Å². The highest BCUT2D eigenvalue weighted by Crippen LogP contribution is 2.15. The van der Waals surface area contributed by atoms with Gasteiger partial charge < -0.3 is 9.52 Å². The summed E-state index contributed by atoms with van der Waals surface area (Å²) in [5.74, 6) is 0.931. The van der Waals surface area contributed by atoms with E-state index < -0.39 is 0 Å². The zero-order chi connectivity index (χ0) is 13.5. The summed E-state index contributed by atoms with van der Waals surface area (Å²) < 4.78 is 5.38. The van der Waals surface area contributed by atoms with E-state index in [1.165, 1.54) is 0 Å². The van der Waals surface area contributed by atoms with Crippen LogP contribution in [0.3, 0.4) is 0 Å². The van der Waals surface area contributed by atoms with Crippen LogP contribution in [0.5, 0.6) is 0 Å². The number of furan rings is 1. The summed E-state index contributed by atoms with van der Waals surface area (Å²) in [6.07, 6.45) is 2.43. The van der Waals surface area contributed by atoms with E-state index >= 15 is 0 Å². The van der Waals surface area contributed by atoms with E-state index in [4.69, 9.17) is 21.1 Å². The van der Waals surface area contributed by atoms with Gasteiger partial charge in [-0.15, -0.1) is 0 Å². The highest BCUT2D eigenvalue weighted by molar-refractivity contribution is 6.30. The van der Waals surface area contributed by atoms with Crippen LogP contribution < -0.4 is 0 Å². The number of aliphatic hydroxyl groups is 1. The average molecular weight is 280 g/mol. The van der Waals surface area contributed by atoms with Gasteiger partial charge in [-0.1, -0.05) is 23.7 Å². The third kappa shape index (κ3) is 4.71. The summed E-state index contributed by atoms with van der Waals surface area (Å²) in [5.41, 5.74) is 1.16. The molecule has 0 bridgehead atoms. The van der Waals surface area contributed by atoms with Crippen LogP contribution in [-0.2, 0) is 13.1 Å². The van der Waals surface area contributed by atoms with E-state index in [-0.39, 0.29) is 6.61 Å². The predicted molar refractivity (Wildman–Crippen MR) is 76.0 cm³/mol. The van der Waals surface area contributed by atoms with Crippen LogP contribution in [0.1, 0.15) is 17.7 Å². The number of halogens is 1. The Bertz CT molecular complexity index is 485. The van der Waals surface area contributed by atoms with Crippen LogP contribution >= 0.6 is 11.6 Å². The van der Waals surface area contributed by atoms with Crippen molar-refractivity contribution in [2.45, 2.75) is 19.5 Å². The van der Waals surface area contributed by atoms with Gasteiger partial charge in [0.05, 0.1) is 12.8 Å². The van der Waals surface area contributed by atoms with Gasteiger partial charge in [0.15, 0.2) is 0 Å². The molecule has 0 atom stereocenters. The molecule has 2 aromatic rings. The summed E-state index contributed by atoms with van der Waals surface area (Å²) in [6, 6.07) is 11.7. The first-order valence-electron chi connectivity index (χ1n) is 6.38. The monoisotopic (exact) mass is 279 g/mol. The zero-order valence-corrected chi connectivity index (χ0v) is 11.5. The smallest absolute Gasteiger partial charge is 0.117 e. The topological polar surface area (TPSA) is 36.6 Å². The van der Waals surface area contributed by atoms with Gasteiger partial charge >= 0.3 is 0 Å². The fraction of sp³-hybridized carbons (Fsp3) is 0.333. The molecule has 1 N–H and O–H groups in total. The second-order valence-corrected chi connectivity index (χ2v) is 4.93. The van der Waals surface area contributed by atoms with E-state index in [1.54, 1.807) is 6.26 Å². The normalized spacial score (nSPS) is 11.1. The molecule has 1 aromatic heterocycles. The maximum Gasteiger partial charge on any atom is 0.117 e. The quantitative estimate of drug-likeness (QED) is 0.845. The second-order valence-electron chi connectivity index (χ2n) is 4.50. The Morgan fingerprint density at radius 2 is 2.05 bits per heavy atom. The molecule has 0 unspecified atom stereocenters. The molecule has 0 spiro atoms. The van der Waals surface area contributed by atoms with Gasteiger partial charge in [-0.3, -0.25) is 4.90 Å². The van der Waals surface area contributed by atoms with Crippen molar-refractivity contribution in [3.8, 4) is 0 Å². The van der Waals surface area contributed by atoms with E-state index in [9.17, 15) is 0 Å². The van der Waals surface area contributed by atoms with E-state index in [2.05, 4.69) is 11.0 Å². The molecular weight excluding hydrogens is 262 g/mol. The average Bonchev–Trinajstić information content (AvgIpc) is 2.89. The van der Waals surface area contributed by atoms with Crippen LogP contribution in [0.4, 0.5) is 0 Å². The minimum atomic E-state index is 0.199. The minimum absolute atomic E-state index is 0.199. The molecule has 1 heterocycles. The van der Waals surface area contributed by atoms with Gasteiger partial charge in [-0.25, -0.2) is 0 Å². The Morgan fingerprint density at radius 3 is 2.74 bits per heavy atom. The van der Waals surface area contributed by atoms with Crippen LogP contribution in [0.25, 0.3) is 0 Å². The first-order chi connectivity index (χ1) is 9.28. The standard InChI is InChI=1S/C15H18ClNO2/c16-14-5-1-4-13(10-14)11-17(7-3-8-18)12-15-6-2-9-19-15/h1-2,4-6,9-10,18H,3,7-8,11-12H2. The lowest BCUT2D eigenvalue weighted by Gasteiger charge is -2.21. The van der Waals surface area contributed by atoms with Gasteiger partial charge in [0, 0.05) is 24.7 Å². The summed E-state index contributed by atoms with van der Waals surface area (Å²) >= 11 is 6.00. The van der Waals surface area contributed by atoms with Crippen molar-refractivity contribution >= 4 is 11.6 Å². The molecule has 0 saturated carbocycles. The van der Waals surface area contributed by atoms with Gasteiger partial charge in [-0.05, 0) is 36.2 Å². The Morgan fingerprint density at radius 1 is 1.16 bits per heavy atom. The Hall–Kier alpha value is -1.29. The summed E-state index contributed by atoms with van der Waals surface area (Å²) in [7, 11) is 0. The lowest BCUT2D eigenvalue weighted by atomic mass is 10.2. The number of nitrogens with zero attached hydrogens (tertiary/aromatic N) is 1. The molecule has 1 aromatic carbocycles. The van der Waals surface area contributed by atoms with Crippen molar-refractivity contribution < 1.29 is 9.52 Å². The van der Waals surface area contributed by atoms with Crippen molar-refractivity contribution in [2.24, 2.45) is 0 Å². The molecule has 2 rings (SSSR count). The molecular formula is C15H18ClNO2. The number of hydrogen-bond donors (Lipinski definition) is 1. The Labute approximate surface area is 118 Å². The predicted octanol–water partition coefficient (Wildman–Crippen LogP) is 3.32. The highest BCUT2D eigenvalue weighted by atomic mass is 35.5. The summed E-state index contributed by atoms with van der Waals surface area (Å²) in [6.45, 7) is 2.55. The van der Waals surface area contributed by atoms with E-state index in [1.807, 2.05) is 30.3 Å². The van der Waals surface area contributed by atoms with Crippen molar-refractivity contribution in [1.29, 1.82) is 0 Å². The van der Waals surface area contributed by atoms with Gasteiger partial charge in [-0.2, -0.15) is 0 Å². The molecule has 0 fully saturated rings. The number of aliphatic hydroxyl groups excluding tert-OH is 1. The maximum atomic E-state index is 8.98. The lowest BCUT2D eigenvalue weighted by Crippen LogP contribution is -2.24. The molecule has 0 aliphatic rings. The molecule has 102 valence electrons. The SMILES string of the molecule is OCCCN(Cc1cccc(Cl)c1)Cc1ccco1. The minimum Gasteiger partial charge on any atom is -0.468 e. The molecule has 0 aliphatic heterocycles. The van der Waals surface area contributed by atoms with Crippen molar-refractivity contribution in [3.63, 3.8) is 0 Å². The second kappa shape index (κ2) is 7.34. The largest absolute Gasteiger partial charge is 0.468 e. The number of rotatable bonds is 7. The molecule has 0 radical (unpaired) electrons. The number of benzene rings is 1. The molecule has 0 saturated heterocycles. The molecule has 3 nitrogen and oxygen atoms in total. The van der Waals surface area contributed by atoms with Crippen molar-refractivity contribution in [2.75, 3.05) is 13.2 Å². The van der Waals surface area contributed by atoms with Gasteiger partial charge in [0.2, 0.25) is 0 Å². The van der Waals surface area contributed by atoms with Crippen LogP contribution in [0, 0.1) is 0 Å². The Balaban J connectivity index is 2.00. The third-order valence-corrected chi connectivity index (χ3v) is 3.12. The van der Waals surface area contributed by atoms with Crippen LogP contribution in [-0.4, -0.2) is 23.2 Å². The van der Waals surface area contributed by atoms with E-state index in [0.29, 0.717) is 0 Å². The van der Waals surface area contributed by atoms with E-state index in [0.717, 1.165) is 42.4 Å². The molecule has 0 amide bonds. The van der Waals surface area contributed by atoms with Crippen LogP contribution in [0.2, 0.25) is 5.02 Å². The summed E-state index contributed by atoms with van der Waals surface area (Å²) in [4.78, 5) is 2.24. The van der Waals surface area contributed by atoms with Crippen molar-refractivity contribution in [3.05, 3.63) is 59.0 Å². The third-order valence-electron chi connectivity index (χ3n) is 2.89. The first kappa shape index (κ1) is 14.1. The van der Waals surface area contributed by atoms with Gasteiger partial charge in [0.25, 0.3) is 0 Å². The zero-order valence-electron chi connectivity index (χ0n) is 10.8. The molecule has 0 aliphatic carbocycles. The molecule has 4 heteroatoms. The maximum absolute atomic E-state index is 8.98. The fourth-order valence-electron chi connectivity index (χ4n) is 2.02. The fourth-order valence-corrected chi connectivity index (χ4v) is 2.24. The Kier molecular flexibility index (Phi) is 5.45. The van der Waals surface area contributed by atoms with Gasteiger partial charge in [0.1, 0.15) is 5.76 Å². The molecule has 19 heavy (non-hydrogen) atoms. The highest BCUT2D eigenvalue weighted by Gasteiger charge is 2.08. The van der Waals surface area contributed by atoms with Crippen molar-refractivity contribution in [1.82, 2.24) is 4.90 Å². The first-order valence-corrected chi connectivity index (χ1v) is 6.76.